The van der Waals surface area contributed by atoms with E-state index in [9.17, 15) is 4.79 Å². The molecular weight excluding hydrogens is 320 g/mol. The quantitative estimate of drug-likeness (QED) is 0.665. The molecule has 1 amide bonds. The Balaban J connectivity index is 1.38. The average molecular weight is 344 g/mol. The Labute approximate surface area is 154 Å². The fourth-order valence-corrected chi connectivity index (χ4v) is 3.44. The summed E-state index contributed by atoms with van der Waals surface area (Å²) in [5.74, 6) is 0.0834. The summed E-state index contributed by atoms with van der Waals surface area (Å²) in [4.78, 5) is 15.0. The molecule has 1 N–H and O–H groups in total. The van der Waals surface area contributed by atoms with E-state index in [0.717, 1.165) is 29.5 Å². The zero-order chi connectivity index (χ0) is 17.8. The minimum absolute atomic E-state index is 0.0834. The maximum atomic E-state index is 12.5. The van der Waals surface area contributed by atoms with Crippen LogP contribution >= 0.6 is 0 Å². The van der Waals surface area contributed by atoms with E-state index in [0.29, 0.717) is 12.5 Å². The van der Waals surface area contributed by atoms with E-state index in [1.165, 1.54) is 18.4 Å². The highest BCUT2D eigenvalue weighted by molar-refractivity contribution is 6.02. The Kier molecular flexibility index (Phi) is 4.98. The number of nitrogens with zero attached hydrogens (tertiary/aromatic N) is 1. The lowest BCUT2D eigenvalue weighted by molar-refractivity contribution is -0.116. The predicted molar refractivity (Wildman–Crippen MR) is 107 cm³/mol. The van der Waals surface area contributed by atoms with Gasteiger partial charge in [0.15, 0.2) is 0 Å². The molecule has 0 radical (unpaired) electrons. The largest absolute Gasteiger partial charge is 0.325 e. The summed E-state index contributed by atoms with van der Waals surface area (Å²) in [5, 5.41) is 5.33. The highest BCUT2D eigenvalue weighted by atomic mass is 16.1. The Bertz CT molecular complexity index is 882. The van der Waals surface area contributed by atoms with Gasteiger partial charge in [-0.25, -0.2) is 0 Å². The molecule has 3 heteroatoms. The normalized spacial score (nSPS) is 13.9. The van der Waals surface area contributed by atoms with Crippen molar-refractivity contribution in [2.75, 3.05) is 11.9 Å². The number of carbonyl (C=O) groups excluding carboxylic acids is 1. The van der Waals surface area contributed by atoms with Crippen molar-refractivity contribution in [1.29, 1.82) is 0 Å². The molecule has 3 aromatic rings. The van der Waals surface area contributed by atoms with Crippen molar-refractivity contribution in [2.24, 2.45) is 0 Å². The highest BCUT2D eigenvalue weighted by Gasteiger charge is 2.29. The van der Waals surface area contributed by atoms with Crippen LogP contribution in [0.2, 0.25) is 0 Å². The molecule has 3 aromatic carbocycles. The number of nitrogens with one attached hydrogen (secondary N) is 1. The zero-order valence-electron chi connectivity index (χ0n) is 14.9. The molecular formula is C23H24N2O. The van der Waals surface area contributed by atoms with Gasteiger partial charge in [0.25, 0.3) is 0 Å². The van der Waals surface area contributed by atoms with E-state index in [1.54, 1.807) is 0 Å². The topological polar surface area (TPSA) is 32.3 Å². The third-order valence-electron chi connectivity index (χ3n) is 4.98. The van der Waals surface area contributed by atoms with Crippen molar-refractivity contribution in [3.63, 3.8) is 0 Å². The first-order valence-electron chi connectivity index (χ1n) is 9.35. The van der Waals surface area contributed by atoms with E-state index in [-0.39, 0.29) is 5.91 Å². The molecule has 1 saturated carbocycles. The van der Waals surface area contributed by atoms with Gasteiger partial charge < -0.3 is 5.32 Å². The van der Waals surface area contributed by atoms with E-state index < -0.39 is 0 Å². The van der Waals surface area contributed by atoms with Crippen LogP contribution in [0.5, 0.6) is 0 Å². The number of hydrogen-bond donors (Lipinski definition) is 1. The number of carbonyl (C=O) groups is 1. The molecule has 0 heterocycles. The first-order chi connectivity index (χ1) is 12.8. The molecule has 26 heavy (non-hydrogen) atoms. The van der Waals surface area contributed by atoms with E-state index >= 15 is 0 Å². The molecule has 0 spiro atoms. The Morgan fingerprint density at radius 2 is 1.65 bits per heavy atom. The molecule has 1 aliphatic rings. The summed E-state index contributed by atoms with van der Waals surface area (Å²) in [6.07, 6.45) is 3.02. The minimum atomic E-state index is 0.0834. The SMILES string of the molecule is O=C(CCN(Cc1ccccc1)C1CC1)Nc1cccc2ccccc12. The lowest BCUT2D eigenvalue weighted by Crippen LogP contribution is -2.29. The van der Waals surface area contributed by atoms with Crippen LogP contribution in [0.4, 0.5) is 5.69 Å². The van der Waals surface area contributed by atoms with Gasteiger partial charge >= 0.3 is 0 Å². The molecule has 3 nitrogen and oxygen atoms in total. The van der Waals surface area contributed by atoms with Crippen LogP contribution in [0.3, 0.4) is 0 Å². The maximum Gasteiger partial charge on any atom is 0.225 e. The summed E-state index contributed by atoms with van der Waals surface area (Å²) in [5.41, 5.74) is 2.21. The molecule has 0 unspecified atom stereocenters. The van der Waals surface area contributed by atoms with Crippen molar-refractivity contribution in [2.45, 2.75) is 31.8 Å². The van der Waals surface area contributed by atoms with E-state index in [2.05, 4.69) is 52.7 Å². The molecule has 0 aromatic heterocycles. The minimum Gasteiger partial charge on any atom is -0.325 e. The molecule has 0 bridgehead atoms. The number of anilines is 1. The van der Waals surface area contributed by atoms with E-state index in [4.69, 9.17) is 0 Å². The van der Waals surface area contributed by atoms with Crippen molar-refractivity contribution in [3.05, 3.63) is 78.4 Å². The number of amides is 1. The number of rotatable bonds is 7. The molecule has 1 fully saturated rings. The maximum absolute atomic E-state index is 12.5. The second-order valence-corrected chi connectivity index (χ2v) is 7.01. The first kappa shape index (κ1) is 16.8. The van der Waals surface area contributed by atoms with Crippen LogP contribution in [0, 0.1) is 0 Å². The Hall–Kier alpha value is -2.65. The lowest BCUT2D eigenvalue weighted by Gasteiger charge is -2.22. The Morgan fingerprint density at radius 1 is 0.923 bits per heavy atom. The second kappa shape index (κ2) is 7.71. The van der Waals surface area contributed by atoms with Crippen LogP contribution in [0.25, 0.3) is 10.8 Å². The van der Waals surface area contributed by atoms with Gasteiger partial charge in [0, 0.05) is 36.6 Å². The van der Waals surface area contributed by atoms with Gasteiger partial charge in [-0.2, -0.15) is 0 Å². The van der Waals surface area contributed by atoms with Crippen LogP contribution in [-0.4, -0.2) is 23.4 Å². The van der Waals surface area contributed by atoms with Gasteiger partial charge in [-0.3, -0.25) is 9.69 Å². The molecule has 132 valence electrons. The first-order valence-corrected chi connectivity index (χ1v) is 9.35. The average Bonchev–Trinajstić information content (AvgIpc) is 3.51. The molecule has 0 saturated heterocycles. The fourth-order valence-electron chi connectivity index (χ4n) is 3.44. The van der Waals surface area contributed by atoms with Gasteiger partial charge in [0.05, 0.1) is 0 Å². The number of hydrogen-bond acceptors (Lipinski definition) is 2. The fraction of sp³-hybridized carbons (Fsp3) is 0.261. The second-order valence-electron chi connectivity index (χ2n) is 7.01. The van der Waals surface area contributed by atoms with Crippen LogP contribution in [0.1, 0.15) is 24.8 Å². The third-order valence-corrected chi connectivity index (χ3v) is 4.98. The van der Waals surface area contributed by atoms with Gasteiger partial charge in [0.1, 0.15) is 0 Å². The van der Waals surface area contributed by atoms with Crippen LogP contribution in [0.15, 0.2) is 72.8 Å². The van der Waals surface area contributed by atoms with Gasteiger partial charge in [-0.05, 0) is 29.9 Å². The highest BCUT2D eigenvalue weighted by Crippen LogP contribution is 2.28. The summed E-state index contributed by atoms with van der Waals surface area (Å²) >= 11 is 0. The standard InChI is InChI=1S/C23H24N2O/c26-23(24-22-12-6-10-19-9-4-5-11-21(19)22)15-16-25(20-13-14-20)17-18-7-2-1-3-8-18/h1-12,20H,13-17H2,(H,24,26). The molecule has 0 atom stereocenters. The smallest absolute Gasteiger partial charge is 0.225 e. The van der Waals surface area contributed by atoms with Crippen LogP contribution in [-0.2, 0) is 11.3 Å². The lowest BCUT2D eigenvalue weighted by atomic mass is 10.1. The number of benzene rings is 3. The molecule has 1 aliphatic carbocycles. The summed E-state index contributed by atoms with van der Waals surface area (Å²) in [7, 11) is 0. The van der Waals surface area contributed by atoms with Crippen molar-refractivity contribution >= 4 is 22.4 Å². The van der Waals surface area contributed by atoms with Gasteiger partial charge in [-0.1, -0.05) is 66.7 Å². The van der Waals surface area contributed by atoms with Crippen LogP contribution < -0.4 is 5.32 Å². The summed E-state index contributed by atoms with van der Waals surface area (Å²) in [6.45, 7) is 1.73. The van der Waals surface area contributed by atoms with Crippen molar-refractivity contribution < 1.29 is 4.79 Å². The number of fused-ring (bicyclic) bond motifs is 1. The Morgan fingerprint density at radius 3 is 2.46 bits per heavy atom. The van der Waals surface area contributed by atoms with Crippen molar-refractivity contribution in [3.8, 4) is 0 Å². The van der Waals surface area contributed by atoms with Crippen molar-refractivity contribution in [1.82, 2.24) is 4.90 Å². The monoisotopic (exact) mass is 344 g/mol. The van der Waals surface area contributed by atoms with Gasteiger partial charge in [0.2, 0.25) is 5.91 Å². The predicted octanol–water partition coefficient (Wildman–Crippen LogP) is 4.83. The van der Waals surface area contributed by atoms with E-state index in [1.807, 2.05) is 30.3 Å². The zero-order valence-corrected chi connectivity index (χ0v) is 14.9. The molecule has 4 rings (SSSR count). The summed E-state index contributed by atoms with van der Waals surface area (Å²) in [6, 6.07) is 25.3. The third kappa shape index (κ3) is 4.12. The van der Waals surface area contributed by atoms with Gasteiger partial charge in [-0.15, -0.1) is 0 Å². The summed E-state index contributed by atoms with van der Waals surface area (Å²) < 4.78 is 0. The molecule has 0 aliphatic heterocycles.